The van der Waals surface area contributed by atoms with Gasteiger partial charge in [-0.05, 0) is 42.0 Å². The van der Waals surface area contributed by atoms with Gasteiger partial charge in [-0.2, -0.15) is 0 Å². The Kier molecular flexibility index (Phi) is 3.82. The molecule has 6 heteroatoms. The molecular weight excluding hydrogens is 267 g/mol. The van der Waals surface area contributed by atoms with Crippen LogP contribution in [0.25, 0.3) is 0 Å². The van der Waals surface area contributed by atoms with E-state index < -0.39 is 10.0 Å². The molecule has 0 aliphatic rings. The molecule has 0 unspecified atom stereocenters. The minimum atomic E-state index is -3.66. The third-order valence-electron chi connectivity index (χ3n) is 2.59. The van der Waals surface area contributed by atoms with Crippen molar-refractivity contribution in [2.75, 3.05) is 5.32 Å². The number of sulfonamides is 1. The molecule has 0 heterocycles. The van der Waals surface area contributed by atoms with Crippen molar-refractivity contribution in [3.63, 3.8) is 0 Å². The fourth-order valence-electron chi connectivity index (χ4n) is 1.57. The number of hydrogen-bond donors (Lipinski definition) is 2. The lowest BCUT2D eigenvalue weighted by molar-refractivity contribution is 0.598. The highest BCUT2D eigenvalue weighted by Crippen LogP contribution is 2.14. The van der Waals surface area contributed by atoms with Gasteiger partial charge in [0.1, 0.15) is 5.82 Å². The van der Waals surface area contributed by atoms with Crippen molar-refractivity contribution >= 4 is 15.7 Å². The van der Waals surface area contributed by atoms with Gasteiger partial charge in [-0.3, -0.25) is 0 Å². The Morgan fingerprint density at radius 2 is 1.58 bits per heavy atom. The summed E-state index contributed by atoms with van der Waals surface area (Å²) in [4.78, 5) is 0.0693. The molecule has 19 heavy (non-hydrogen) atoms. The Balaban J connectivity index is 2.02. The SMILES string of the molecule is NS(=O)(=O)c1ccc(NCc2ccc(F)cc2)cc1. The summed E-state index contributed by atoms with van der Waals surface area (Å²) in [5.74, 6) is -0.277. The van der Waals surface area contributed by atoms with E-state index in [0.29, 0.717) is 6.54 Å². The highest BCUT2D eigenvalue weighted by atomic mass is 32.2. The van der Waals surface area contributed by atoms with Gasteiger partial charge < -0.3 is 5.32 Å². The summed E-state index contributed by atoms with van der Waals surface area (Å²) in [6.45, 7) is 0.523. The smallest absolute Gasteiger partial charge is 0.238 e. The van der Waals surface area contributed by atoms with Crippen molar-refractivity contribution in [2.45, 2.75) is 11.4 Å². The lowest BCUT2D eigenvalue weighted by atomic mass is 10.2. The second-order valence-electron chi connectivity index (χ2n) is 4.05. The molecule has 0 spiro atoms. The summed E-state index contributed by atoms with van der Waals surface area (Å²) in [6.07, 6.45) is 0. The maximum atomic E-state index is 12.7. The van der Waals surface area contributed by atoms with E-state index in [1.165, 1.54) is 24.3 Å². The van der Waals surface area contributed by atoms with Crippen LogP contribution in [0.2, 0.25) is 0 Å². The fraction of sp³-hybridized carbons (Fsp3) is 0.0769. The van der Waals surface area contributed by atoms with Crippen molar-refractivity contribution in [3.8, 4) is 0 Å². The Morgan fingerprint density at radius 1 is 1.00 bits per heavy atom. The van der Waals surface area contributed by atoms with E-state index in [-0.39, 0.29) is 10.7 Å². The van der Waals surface area contributed by atoms with Crippen LogP contribution >= 0.6 is 0 Å². The molecule has 0 saturated carbocycles. The summed E-state index contributed by atoms with van der Waals surface area (Å²) in [5, 5.41) is 8.10. The molecule has 2 aromatic carbocycles. The number of halogens is 1. The molecule has 0 amide bonds. The van der Waals surface area contributed by atoms with Crippen molar-refractivity contribution < 1.29 is 12.8 Å². The number of nitrogens with two attached hydrogens (primary N) is 1. The van der Waals surface area contributed by atoms with Crippen LogP contribution in [-0.2, 0) is 16.6 Å². The van der Waals surface area contributed by atoms with Crippen LogP contribution in [0, 0.1) is 5.82 Å². The topological polar surface area (TPSA) is 72.2 Å². The number of hydrogen-bond acceptors (Lipinski definition) is 3. The molecule has 2 aromatic rings. The Morgan fingerprint density at radius 3 is 2.11 bits per heavy atom. The molecule has 3 N–H and O–H groups in total. The number of rotatable bonds is 4. The van der Waals surface area contributed by atoms with Gasteiger partial charge in [0, 0.05) is 12.2 Å². The first-order valence-electron chi connectivity index (χ1n) is 5.56. The van der Waals surface area contributed by atoms with Crippen molar-refractivity contribution in [1.29, 1.82) is 0 Å². The molecule has 0 aliphatic carbocycles. The standard InChI is InChI=1S/C13H13FN2O2S/c14-11-3-1-10(2-4-11)9-16-12-5-7-13(8-6-12)19(15,17)18/h1-8,16H,9H2,(H2,15,17,18). The predicted molar refractivity (Wildman–Crippen MR) is 71.5 cm³/mol. The maximum absolute atomic E-state index is 12.7. The van der Waals surface area contributed by atoms with E-state index in [2.05, 4.69) is 5.32 Å². The van der Waals surface area contributed by atoms with Crippen LogP contribution in [0.1, 0.15) is 5.56 Å². The summed E-state index contributed by atoms with van der Waals surface area (Å²) in [6, 6.07) is 12.3. The van der Waals surface area contributed by atoms with E-state index in [9.17, 15) is 12.8 Å². The molecule has 0 atom stereocenters. The zero-order valence-corrected chi connectivity index (χ0v) is 10.8. The molecule has 2 rings (SSSR count). The minimum Gasteiger partial charge on any atom is -0.381 e. The van der Waals surface area contributed by atoms with Crippen LogP contribution < -0.4 is 10.5 Å². The molecule has 0 fully saturated rings. The van der Waals surface area contributed by atoms with Gasteiger partial charge >= 0.3 is 0 Å². The summed E-state index contributed by atoms with van der Waals surface area (Å²) in [5.41, 5.74) is 1.69. The molecular formula is C13H13FN2O2S. The quantitative estimate of drug-likeness (QED) is 0.900. The minimum absolute atomic E-state index is 0.0693. The van der Waals surface area contributed by atoms with E-state index in [1.54, 1.807) is 24.3 Å². The normalized spacial score (nSPS) is 11.3. The molecule has 0 radical (unpaired) electrons. The monoisotopic (exact) mass is 280 g/mol. The molecule has 0 bridgehead atoms. The second kappa shape index (κ2) is 5.38. The lowest BCUT2D eigenvalue weighted by Crippen LogP contribution is -2.12. The van der Waals surface area contributed by atoms with Crippen LogP contribution in [0.4, 0.5) is 10.1 Å². The first-order chi connectivity index (χ1) is 8.95. The van der Waals surface area contributed by atoms with Crippen molar-refractivity contribution in [2.24, 2.45) is 5.14 Å². The van der Waals surface area contributed by atoms with Gasteiger partial charge in [0.2, 0.25) is 10.0 Å². The molecule has 0 saturated heterocycles. The van der Waals surface area contributed by atoms with E-state index >= 15 is 0 Å². The number of benzene rings is 2. The van der Waals surface area contributed by atoms with E-state index in [0.717, 1.165) is 11.3 Å². The van der Waals surface area contributed by atoms with Gasteiger partial charge in [-0.1, -0.05) is 12.1 Å². The molecule has 4 nitrogen and oxygen atoms in total. The largest absolute Gasteiger partial charge is 0.381 e. The average Bonchev–Trinajstić information content (AvgIpc) is 2.37. The lowest BCUT2D eigenvalue weighted by Gasteiger charge is -2.07. The third-order valence-corrected chi connectivity index (χ3v) is 3.52. The van der Waals surface area contributed by atoms with E-state index in [1.807, 2.05) is 0 Å². The number of anilines is 1. The Hall–Kier alpha value is -1.92. The van der Waals surface area contributed by atoms with Crippen molar-refractivity contribution in [1.82, 2.24) is 0 Å². The number of primary sulfonamides is 1. The summed E-state index contributed by atoms with van der Waals surface area (Å²) >= 11 is 0. The highest BCUT2D eigenvalue weighted by molar-refractivity contribution is 7.89. The van der Waals surface area contributed by atoms with Crippen molar-refractivity contribution in [3.05, 3.63) is 59.9 Å². The van der Waals surface area contributed by atoms with Gasteiger partial charge in [0.15, 0.2) is 0 Å². The van der Waals surface area contributed by atoms with Gasteiger partial charge in [-0.25, -0.2) is 17.9 Å². The van der Waals surface area contributed by atoms with Crippen LogP contribution in [0.15, 0.2) is 53.4 Å². The van der Waals surface area contributed by atoms with E-state index in [4.69, 9.17) is 5.14 Å². The van der Waals surface area contributed by atoms with Gasteiger partial charge in [0.05, 0.1) is 4.90 Å². The first-order valence-corrected chi connectivity index (χ1v) is 7.11. The Bertz CT molecular complexity index is 652. The predicted octanol–water partition coefficient (Wildman–Crippen LogP) is 2.09. The molecule has 0 aromatic heterocycles. The molecule has 100 valence electrons. The first kappa shape index (κ1) is 13.5. The fourth-order valence-corrected chi connectivity index (χ4v) is 2.08. The summed E-state index contributed by atoms with van der Waals surface area (Å²) in [7, 11) is -3.66. The highest BCUT2D eigenvalue weighted by Gasteiger charge is 2.06. The third kappa shape index (κ3) is 3.77. The zero-order chi connectivity index (χ0) is 13.9. The average molecular weight is 280 g/mol. The van der Waals surface area contributed by atoms with Crippen LogP contribution in [0.3, 0.4) is 0 Å². The summed E-state index contributed by atoms with van der Waals surface area (Å²) < 4.78 is 34.9. The van der Waals surface area contributed by atoms with Gasteiger partial charge in [-0.15, -0.1) is 0 Å². The maximum Gasteiger partial charge on any atom is 0.238 e. The Labute approximate surface area is 111 Å². The number of nitrogens with one attached hydrogen (secondary N) is 1. The van der Waals surface area contributed by atoms with Crippen LogP contribution in [0.5, 0.6) is 0 Å². The van der Waals surface area contributed by atoms with Gasteiger partial charge in [0.25, 0.3) is 0 Å². The molecule has 0 aliphatic heterocycles. The second-order valence-corrected chi connectivity index (χ2v) is 5.61. The van der Waals surface area contributed by atoms with Crippen LogP contribution in [-0.4, -0.2) is 8.42 Å². The zero-order valence-electron chi connectivity index (χ0n) is 10.0.